The molecule has 17 heteroatoms. The average molecular weight is 880 g/mol. The molecule has 3 fully saturated rings. The number of nitrogens with one attached hydrogen (secondary N) is 1. The van der Waals surface area contributed by atoms with Crippen LogP contribution >= 0.6 is 0 Å². The molecule has 1 saturated carbocycles. The number of nitrogens with zero attached hydrogens (tertiary/aromatic N) is 2. The molecule has 3 N–H and O–H groups in total. The molecule has 5 aliphatic rings. The summed E-state index contributed by atoms with van der Waals surface area (Å²) in [5.74, 6) is -4.72. The summed E-state index contributed by atoms with van der Waals surface area (Å²) >= 11 is 0. The Hall–Kier alpha value is -4.78. The zero-order valence-corrected chi connectivity index (χ0v) is 37.2. The lowest BCUT2D eigenvalue weighted by Gasteiger charge is -2.66. The second-order valence-corrected chi connectivity index (χ2v) is 19.2. The Morgan fingerprint density at radius 3 is 2.35 bits per heavy atom. The first-order chi connectivity index (χ1) is 29.4. The number of halogens is 1. The summed E-state index contributed by atoms with van der Waals surface area (Å²) in [4.78, 5) is 60.8. The van der Waals surface area contributed by atoms with E-state index in [-0.39, 0.29) is 12.2 Å². The molecule has 7 rings (SSSR count). The summed E-state index contributed by atoms with van der Waals surface area (Å²) in [6.45, 7) is 13.5. The van der Waals surface area contributed by atoms with Gasteiger partial charge in [0.1, 0.15) is 59.3 Å². The normalized spacial score (nSPS) is 33.8. The van der Waals surface area contributed by atoms with Crippen LogP contribution in [-0.4, -0.2) is 131 Å². The Morgan fingerprint density at radius 1 is 1.05 bits per heavy atom. The fourth-order valence-electron chi connectivity index (χ4n) is 10.3. The number of aromatic nitrogens is 1. The van der Waals surface area contributed by atoms with Crippen LogP contribution in [0.3, 0.4) is 0 Å². The maximum absolute atomic E-state index is 15.3. The van der Waals surface area contributed by atoms with E-state index in [0.717, 1.165) is 6.07 Å². The number of esters is 3. The number of hydrogen-bond donors (Lipinski definition) is 3. The molecular formula is C46H58FN3O13. The molecule has 0 unspecified atom stereocenters. The van der Waals surface area contributed by atoms with E-state index < -0.39 is 124 Å². The first-order valence-corrected chi connectivity index (χ1v) is 21.1. The van der Waals surface area contributed by atoms with Crippen molar-refractivity contribution in [3.63, 3.8) is 0 Å². The summed E-state index contributed by atoms with van der Waals surface area (Å²) in [5, 5.41) is 27.9. The number of carbonyl (C=O) groups is 4. The zero-order valence-electron chi connectivity index (χ0n) is 37.2. The second kappa shape index (κ2) is 16.7. The molecule has 63 heavy (non-hydrogen) atoms. The van der Waals surface area contributed by atoms with Crippen LogP contribution in [0, 0.1) is 22.6 Å². The third kappa shape index (κ3) is 8.16. The number of aliphatic hydroxyl groups is 2. The Morgan fingerprint density at radius 2 is 1.75 bits per heavy atom. The molecule has 12 atom stereocenters. The molecule has 2 saturated heterocycles. The molecule has 0 spiro atoms. The van der Waals surface area contributed by atoms with Crippen LogP contribution in [0.2, 0.25) is 0 Å². The predicted octanol–water partition coefficient (Wildman–Crippen LogP) is 4.34. The van der Waals surface area contributed by atoms with Crippen LogP contribution in [0.25, 0.3) is 0 Å². The number of benzene rings is 1. The molecule has 2 aromatic rings. The van der Waals surface area contributed by atoms with Crippen LogP contribution in [0.1, 0.15) is 83.9 Å². The van der Waals surface area contributed by atoms with Crippen molar-refractivity contribution in [2.75, 3.05) is 27.2 Å². The maximum atomic E-state index is 15.3. The van der Waals surface area contributed by atoms with E-state index in [0.29, 0.717) is 17.7 Å². The van der Waals surface area contributed by atoms with Crippen molar-refractivity contribution in [2.45, 2.75) is 128 Å². The lowest BCUT2D eigenvalue weighted by molar-refractivity contribution is -0.316. The van der Waals surface area contributed by atoms with Crippen molar-refractivity contribution < 1.29 is 66.9 Å². The van der Waals surface area contributed by atoms with Gasteiger partial charge in [0, 0.05) is 36.9 Å². The van der Waals surface area contributed by atoms with Crippen molar-refractivity contribution in [2.24, 2.45) is 16.7 Å². The third-order valence-electron chi connectivity index (χ3n) is 13.2. The molecule has 2 bridgehead atoms. The number of ether oxygens (including phenoxy) is 7. The number of hydrogen-bond acceptors (Lipinski definition) is 15. The van der Waals surface area contributed by atoms with Crippen LogP contribution in [0.15, 0.2) is 72.0 Å². The molecule has 1 aromatic carbocycles. The standard InChI is InChI=1S/C46H58FN3O13/c1-24-28(58-40(54)34(52)33(32-27(47)17-14-20-48-32)49-41(55)63-42(3,4)5)21-46(56)38(61-39(53)26-15-12-11-13-16-26)36-44(8,19-18-29-45(36,23-57-29)62-25(2)51)37-35(31(24)43(46,6)7)59-30(60-37)22-50(9)10/h11-20,28-30,33-38,52,56H,21-23H2,1-10H3,(H,49,55)/t28-,29+,30+,33-,34+,35+,36-,37+,38-,44+,45-,46+/m0/s1. The molecule has 2 aliphatic heterocycles. The Kier molecular flexibility index (Phi) is 12.2. The highest BCUT2D eigenvalue weighted by Crippen LogP contribution is 2.65. The van der Waals surface area contributed by atoms with Crippen molar-refractivity contribution in [3.8, 4) is 0 Å². The fraction of sp³-hybridized carbons (Fsp3) is 0.587. The Balaban J connectivity index is 1.39. The Bertz CT molecular complexity index is 2180. The first-order valence-electron chi connectivity index (χ1n) is 21.1. The van der Waals surface area contributed by atoms with Gasteiger partial charge in [-0.25, -0.2) is 18.8 Å². The van der Waals surface area contributed by atoms with Crippen molar-refractivity contribution in [1.82, 2.24) is 15.2 Å². The molecule has 0 radical (unpaired) electrons. The lowest BCUT2D eigenvalue weighted by Crippen LogP contribution is -2.78. The number of carbonyl (C=O) groups excluding carboxylic acids is 4. The van der Waals surface area contributed by atoms with Gasteiger partial charge in [0.05, 0.1) is 18.1 Å². The SMILES string of the molecule is CC(=O)O[C@@]12CO[C@@H]1C=C[C@@]1(C)[C@@H]3O[C@H](CN(C)C)O[C@@H]3C3=C(C)[C@@H](OC(=O)[C@H](O)[C@@H](NC(=O)OC(C)(C)C)c4ncccc4F)C[C@@](O)([C@@H](OC(=O)c4ccccc4)[C@@H]12)C3(C)C. The topological polar surface area (TPSA) is 202 Å². The van der Waals surface area contributed by atoms with E-state index in [4.69, 9.17) is 33.2 Å². The van der Waals surface area contributed by atoms with E-state index in [1.807, 2.05) is 32.0 Å². The largest absolute Gasteiger partial charge is 0.456 e. The number of likely N-dealkylation sites (N-methyl/N-ethyl adjacent to an activating group) is 1. The quantitative estimate of drug-likeness (QED) is 0.173. The van der Waals surface area contributed by atoms with Gasteiger partial charge in [0.25, 0.3) is 0 Å². The van der Waals surface area contributed by atoms with Crippen molar-refractivity contribution >= 4 is 24.0 Å². The van der Waals surface area contributed by atoms with Gasteiger partial charge in [-0.3, -0.25) is 9.78 Å². The van der Waals surface area contributed by atoms with Crippen LogP contribution in [0.4, 0.5) is 9.18 Å². The number of pyridine rings is 1. The summed E-state index contributed by atoms with van der Waals surface area (Å²) in [6, 6.07) is 8.80. The summed E-state index contributed by atoms with van der Waals surface area (Å²) in [6.07, 6.45) is -5.12. The van der Waals surface area contributed by atoms with Gasteiger partial charge in [-0.05, 0) is 77.2 Å². The number of fused-ring (bicyclic) bond motifs is 8. The second-order valence-electron chi connectivity index (χ2n) is 19.2. The van der Waals surface area contributed by atoms with Gasteiger partial charge in [-0.2, -0.15) is 0 Å². The molecule has 3 aliphatic carbocycles. The number of alkyl carbamates (subject to hydrolysis) is 1. The average Bonchev–Trinajstić information content (AvgIpc) is 3.59. The van der Waals surface area contributed by atoms with E-state index >= 15 is 4.39 Å². The number of amides is 1. The molecule has 3 heterocycles. The van der Waals surface area contributed by atoms with E-state index in [1.54, 1.807) is 78.0 Å². The van der Waals surface area contributed by atoms with Gasteiger partial charge in [0.2, 0.25) is 0 Å². The van der Waals surface area contributed by atoms with E-state index in [9.17, 15) is 29.4 Å². The molecule has 342 valence electrons. The molecule has 1 aromatic heterocycles. The van der Waals surface area contributed by atoms with Crippen molar-refractivity contribution in [3.05, 3.63) is 89.0 Å². The third-order valence-corrected chi connectivity index (χ3v) is 13.2. The number of aliphatic hydroxyl groups excluding tert-OH is 1. The molecule has 16 nitrogen and oxygen atoms in total. The zero-order chi connectivity index (χ0) is 46.0. The fourth-order valence-corrected chi connectivity index (χ4v) is 10.3. The van der Waals surface area contributed by atoms with Gasteiger partial charge in [0.15, 0.2) is 18.0 Å². The van der Waals surface area contributed by atoms with Crippen molar-refractivity contribution in [1.29, 1.82) is 0 Å². The van der Waals surface area contributed by atoms with Gasteiger partial charge >= 0.3 is 24.0 Å². The van der Waals surface area contributed by atoms with E-state index in [2.05, 4.69) is 10.3 Å². The minimum Gasteiger partial charge on any atom is -0.456 e. The smallest absolute Gasteiger partial charge is 0.408 e. The van der Waals surface area contributed by atoms with Crippen LogP contribution in [0.5, 0.6) is 0 Å². The van der Waals surface area contributed by atoms with Crippen LogP contribution < -0.4 is 5.32 Å². The predicted molar refractivity (Wildman–Crippen MR) is 221 cm³/mol. The minimum absolute atomic E-state index is 0.112. The Labute approximate surface area is 366 Å². The summed E-state index contributed by atoms with van der Waals surface area (Å²) in [5.41, 5.74) is -6.55. The lowest BCUT2D eigenvalue weighted by atomic mass is 9.46. The highest BCUT2D eigenvalue weighted by atomic mass is 19.1. The first kappa shape index (κ1) is 46.2. The minimum atomic E-state index is -2.25. The summed E-state index contributed by atoms with van der Waals surface area (Å²) in [7, 11) is 3.72. The number of rotatable bonds is 10. The summed E-state index contributed by atoms with van der Waals surface area (Å²) < 4.78 is 59.4. The highest BCUT2D eigenvalue weighted by Gasteiger charge is 2.76. The molecular weight excluding hydrogens is 822 g/mol. The van der Waals surface area contributed by atoms with Gasteiger partial charge in [-0.1, -0.05) is 51.1 Å². The monoisotopic (exact) mass is 879 g/mol. The highest BCUT2D eigenvalue weighted by molar-refractivity contribution is 5.89. The van der Waals surface area contributed by atoms with E-state index in [1.165, 1.54) is 19.2 Å². The van der Waals surface area contributed by atoms with Gasteiger partial charge < -0.3 is 53.6 Å². The maximum Gasteiger partial charge on any atom is 0.408 e. The van der Waals surface area contributed by atoms with Gasteiger partial charge in [-0.15, -0.1) is 0 Å². The molecule has 1 amide bonds. The van der Waals surface area contributed by atoms with Crippen LogP contribution in [-0.2, 0) is 42.7 Å².